The highest BCUT2D eigenvalue weighted by atomic mass is 31.3. The van der Waals surface area contributed by atoms with Gasteiger partial charge in [-0.15, -0.1) is 0 Å². The summed E-state index contributed by atoms with van der Waals surface area (Å²) < 4.78 is 56.6. The molecule has 21 heteroatoms. The molecule has 396 valence electrons. The maximum Gasteiger partial charge on any atom is 0.481 e. The predicted molar refractivity (Wildman–Crippen MR) is 263 cm³/mol. The van der Waals surface area contributed by atoms with E-state index in [4.69, 9.17) is 29.0 Å². The molecular formula is C48H83N3O16P2. The SMILES string of the molecule is CCCCCCCC/C=C/C/C=C/C=C/C(O)CCCC(=O)O[C@H](COC(=O)CCCCCCCCCCCCCCC)COP(=O)(O)OP(=O)(O)OC[C@H]1O[C@@H](n2ccc(N)nc2=O)[C@H](O)[C@@H]1O. The number of nitrogens with zero attached hydrogens (tertiary/aromatic N) is 2. The molecule has 3 unspecified atom stereocenters. The molecular weight excluding hydrogens is 936 g/mol. The van der Waals surface area contributed by atoms with Crippen LogP contribution in [0.1, 0.15) is 181 Å². The lowest BCUT2D eigenvalue weighted by atomic mass is 10.0. The lowest BCUT2D eigenvalue weighted by Crippen LogP contribution is -2.36. The average Bonchev–Trinajstić information content (AvgIpc) is 3.58. The number of ether oxygens (including phenoxy) is 3. The Morgan fingerprint density at radius 3 is 1.97 bits per heavy atom. The number of esters is 2. The molecule has 1 saturated heterocycles. The summed E-state index contributed by atoms with van der Waals surface area (Å²) in [5, 5.41) is 31.3. The molecule has 1 aromatic rings. The van der Waals surface area contributed by atoms with E-state index in [-0.39, 0.29) is 31.5 Å². The number of carbonyl (C=O) groups is 2. The first-order chi connectivity index (χ1) is 33.1. The van der Waals surface area contributed by atoms with Crippen molar-refractivity contribution in [1.82, 2.24) is 9.55 Å². The molecule has 1 aromatic heterocycles. The molecule has 0 radical (unpaired) electrons. The Hall–Kier alpha value is -3.06. The van der Waals surface area contributed by atoms with Crippen molar-refractivity contribution in [3.63, 3.8) is 0 Å². The van der Waals surface area contributed by atoms with Crippen molar-refractivity contribution in [2.75, 3.05) is 25.6 Å². The van der Waals surface area contributed by atoms with E-state index >= 15 is 0 Å². The molecule has 1 aliphatic rings. The maximum absolute atomic E-state index is 12.9. The topological polar surface area (TPSA) is 286 Å². The van der Waals surface area contributed by atoms with Crippen LogP contribution >= 0.6 is 15.6 Å². The van der Waals surface area contributed by atoms with Crippen LogP contribution in [-0.4, -0.2) is 96.9 Å². The Morgan fingerprint density at radius 2 is 1.35 bits per heavy atom. The van der Waals surface area contributed by atoms with E-state index < -0.39 is 89.8 Å². The molecule has 1 aliphatic heterocycles. The van der Waals surface area contributed by atoms with Gasteiger partial charge in [0.25, 0.3) is 0 Å². The number of rotatable bonds is 41. The standard InChI is InChI=1S/C48H83N3O16P2/c1-3-5-7-9-11-13-15-17-19-21-23-25-27-30-39(52)31-29-33-44(54)65-40(36-62-43(53)32-28-26-24-22-20-18-16-14-12-10-8-6-4-2)37-63-68(58,59)67-69(60,61)64-38-41-45(55)46(56)47(66-41)51-35-34-42(49)50-48(51)57/h17,19,23,25,27,30,34-35,39-41,45-47,52,55-56H,3-16,18,20-22,24,26,28-29,31-33,36-38H2,1-2H3,(H,58,59)(H,60,61)(H2,49,50,57)/b19-17+,25-23+,30-27+/t39?,40-,41-,45-,46-,47-/m1/s1. The number of aliphatic hydroxyl groups excluding tert-OH is 3. The van der Waals surface area contributed by atoms with E-state index in [1.54, 1.807) is 12.2 Å². The molecule has 0 aromatic carbocycles. The predicted octanol–water partition coefficient (Wildman–Crippen LogP) is 8.97. The van der Waals surface area contributed by atoms with Crippen molar-refractivity contribution >= 4 is 33.4 Å². The van der Waals surface area contributed by atoms with Gasteiger partial charge in [-0.25, -0.2) is 13.9 Å². The van der Waals surface area contributed by atoms with Crippen LogP contribution in [0, 0.1) is 0 Å². The highest BCUT2D eigenvalue weighted by Crippen LogP contribution is 2.60. The van der Waals surface area contributed by atoms with Crippen molar-refractivity contribution in [1.29, 1.82) is 0 Å². The van der Waals surface area contributed by atoms with Crippen molar-refractivity contribution in [2.24, 2.45) is 0 Å². The van der Waals surface area contributed by atoms with E-state index in [0.717, 1.165) is 49.3 Å². The quantitative estimate of drug-likeness (QED) is 0.0117. The number of phosphoric ester groups is 2. The summed E-state index contributed by atoms with van der Waals surface area (Å²) in [6.07, 6.45) is 28.3. The minimum atomic E-state index is -5.46. The second-order valence-corrected chi connectivity index (χ2v) is 20.6. The van der Waals surface area contributed by atoms with Gasteiger partial charge >= 0.3 is 33.3 Å². The monoisotopic (exact) mass is 1020 g/mol. The third-order valence-corrected chi connectivity index (χ3v) is 13.9. The largest absolute Gasteiger partial charge is 0.481 e. The summed E-state index contributed by atoms with van der Waals surface area (Å²) in [5.74, 6) is -1.50. The third kappa shape index (κ3) is 29.8. The first-order valence-corrected chi connectivity index (χ1v) is 28.1. The van der Waals surface area contributed by atoms with Crippen LogP contribution in [0.25, 0.3) is 0 Å². The molecule has 0 amide bonds. The second-order valence-electron chi connectivity index (χ2n) is 17.5. The fraction of sp³-hybridized carbons (Fsp3) is 0.750. The average molecular weight is 1020 g/mol. The number of allylic oxidation sites excluding steroid dienone is 5. The minimum Gasteiger partial charge on any atom is -0.462 e. The Morgan fingerprint density at radius 1 is 0.768 bits per heavy atom. The molecule has 2 heterocycles. The fourth-order valence-corrected chi connectivity index (χ4v) is 9.49. The number of anilines is 1. The van der Waals surface area contributed by atoms with Crippen molar-refractivity contribution < 1.29 is 71.4 Å². The molecule has 0 aliphatic carbocycles. The van der Waals surface area contributed by atoms with Crippen LogP contribution < -0.4 is 11.4 Å². The Kier molecular flexibility index (Phi) is 33.1. The molecule has 0 spiro atoms. The molecule has 1 fully saturated rings. The summed E-state index contributed by atoms with van der Waals surface area (Å²) in [6, 6.07) is 1.24. The number of phosphoric acid groups is 2. The number of aliphatic hydroxyl groups is 3. The molecule has 0 saturated carbocycles. The summed E-state index contributed by atoms with van der Waals surface area (Å²) in [7, 11) is -10.9. The summed E-state index contributed by atoms with van der Waals surface area (Å²) >= 11 is 0. The number of carbonyl (C=O) groups excluding carboxylic acids is 2. The van der Waals surface area contributed by atoms with Gasteiger partial charge in [-0.05, 0) is 44.6 Å². The van der Waals surface area contributed by atoms with Crippen LogP contribution in [0.5, 0.6) is 0 Å². The summed E-state index contributed by atoms with van der Waals surface area (Å²) in [4.78, 5) is 61.8. The molecule has 69 heavy (non-hydrogen) atoms. The zero-order chi connectivity index (χ0) is 50.8. The zero-order valence-electron chi connectivity index (χ0n) is 41.0. The lowest BCUT2D eigenvalue weighted by Gasteiger charge is -2.21. The lowest BCUT2D eigenvalue weighted by molar-refractivity contribution is -0.161. The number of aromatic nitrogens is 2. The van der Waals surface area contributed by atoms with Crippen LogP contribution in [0.15, 0.2) is 53.5 Å². The Bertz CT molecular complexity index is 1810. The van der Waals surface area contributed by atoms with Gasteiger partial charge < -0.3 is 45.1 Å². The number of hydrogen-bond donors (Lipinski definition) is 6. The second kappa shape index (κ2) is 36.8. The van der Waals surface area contributed by atoms with Gasteiger partial charge in [0.05, 0.1) is 19.3 Å². The van der Waals surface area contributed by atoms with Crippen LogP contribution in [0.3, 0.4) is 0 Å². The Labute approximate surface area is 409 Å². The smallest absolute Gasteiger partial charge is 0.462 e. The normalized spacial score (nSPS) is 20.1. The van der Waals surface area contributed by atoms with E-state index in [0.29, 0.717) is 6.42 Å². The van der Waals surface area contributed by atoms with Gasteiger partial charge in [0.1, 0.15) is 30.7 Å². The fourth-order valence-electron chi connectivity index (χ4n) is 7.38. The zero-order valence-corrected chi connectivity index (χ0v) is 42.8. The van der Waals surface area contributed by atoms with Gasteiger partial charge in [-0.2, -0.15) is 9.29 Å². The third-order valence-electron chi connectivity index (χ3n) is 11.3. The molecule has 8 atom stereocenters. The Balaban J connectivity index is 1.86. The van der Waals surface area contributed by atoms with E-state index in [1.165, 1.54) is 96.0 Å². The van der Waals surface area contributed by atoms with Gasteiger partial charge in [-0.1, -0.05) is 159 Å². The highest BCUT2D eigenvalue weighted by Gasteiger charge is 2.46. The number of nitrogen functional groups attached to an aromatic ring is 1. The maximum atomic E-state index is 12.9. The van der Waals surface area contributed by atoms with Gasteiger partial charge in [0.15, 0.2) is 12.3 Å². The molecule has 2 rings (SSSR count). The first kappa shape index (κ1) is 62.1. The minimum absolute atomic E-state index is 0.0905. The van der Waals surface area contributed by atoms with Crippen LogP contribution in [-0.2, 0) is 46.3 Å². The van der Waals surface area contributed by atoms with Gasteiger partial charge in [0.2, 0.25) is 0 Å². The van der Waals surface area contributed by atoms with Crippen LogP contribution in [0.4, 0.5) is 5.82 Å². The molecule has 19 nitrogen and oxygen atoms in total. The van der Waals surface area contributed by atoms with Gasteiger partial charge in [0, 0.05) is 19.0 Å². The summed E-state index contributed by atoms with van der Waals surface area (Å²) in [5.41, 5.74) is 4.57. The summed E-state index contributed by atoms with van der Waals surface area (Å²) in [6.45, 7) is 1.97. The molecule has 7 N–H and O–H groups in total. The van der Waals surface area contributed by atoms with Crippen LogP contribution in [0.2, 0.25) is 0 Å². The van der Waals surface area contributed by atoms with E-state index in [9.17, 15) is 48.6 Å². The van der Waals surface area contributed by atoms with E-state index in [2.05, 4.69) is 35.3 Å². The van der Waals surface area contributed by atoms with Gasteiger partial charge in [-0.3, -0.25) is 23.2 Å². The first-order valence-electron chi connectivity index (χ1n) is 25.1. The highest BCUT2D eigenvalue weighted by molar-refractivity contribution is 7.61. The van der Waals surface area contributed by atoms with Crippen molar-refractivity contribution in [2.45, 2.75) is 211 Å². The van der Waals surface area contributed by atoms with E-state index in [1.807, 2.05) is 12.2 Å². The number of hydrogen-bond acceptors (Lipinski definition) is 16. The number of nitrogens with two attached hydrogens (primary N) is 1. The van der Waals surface area contributed by atoms with Crippen molar-refractivity contribution in [3.05, 3.63) is 59.2 Å². The van der Waals surface area contributed by atoms with Crippen molar-refractivity contribution in [3.8, 4) is 0 Å². The number of unbranched alkanes of at least 4 members (excludes halogenated alkanes) is 18. The molecule has 0 bridgehead atoms.